The highest BCUT2D eigenvalue weighted by Gasteiger charge is 2.31. The molecule has 1 N–H and O–H groups in total. The van der Waals surface area contributed by atoms with Crippen molar-refractivity contribution in [2.75, 3.05) is 13.1 Å². The maximum atomic E-state index is 13.0. The molecule has 10 heteroatoms. The van der Waals surface area contributed by atoms with Crippen LogP contribution in [0.3, 0.4) is 0 Å². The Balaban J connectivity index is 2.45. The van der Waals surface area contributed by atoms with Gasteiger partial charge >= 0.3 is 6.18 Å². The van der Waals surface area contributed by atoms with Gasteiger partial charge in [0.05, 0.1) is 17.8 Å². The van der Waals surface area contributed by atoms with E-state index in [-0.39, 0.29) is 30.5 Å². The van der Waals surface area contributed by atoms with Crippen LogP contribution in [0, 0.1) is 6.92 Å². The van der Waals surface area contributed by atoms with E-state index in [9.17, 15) is 27.6 Å². The number of carbonyl (C=O) groups excluding carboxylic acids is 2. The van der Waals surface area contributed by atoms with Gasteiger partial charge in [0.1, 0.15) is 0 Å². The number of carbonyl (C=O) groups is 2. The molecule has 2 amide bonds. The molecule has 0 aliphatic heterocycles. The zero-order chi connectivity index (χ0) is 22.6. The Morgan fingerprint density at radius 1 is 1.23 bits per heavy atom. The van der Waals surface area contributed by atoms with Crippen molar-refractivity contribution in [2.45, 2.75) is 39.9 Å². The molecule has 162 valence electrons. The number of halogens is 3. The number of nitrogens with one attached hydrogen (secondary N) is 1. The van der Waals surface area contributed by atoms with Gasteiger partial charge in [0.15, 0.2) is 5.69 Å². The van der Waals surface area contributed by atoms with Crippen LogP contribution in [-0.2, 0) is 11.0 Å². The Morgan fingerprint density at radius 3 is 2.47 bits per heavy atom. The number of nitrogens with zero attached hydrogens (tertiary/aromatic N) is 3. The second-order valence-corrected chi connectivity index (χ2v) is 7.00. The first-order valence-electron chi connectivity index (χ1n) is 9.31. The van der Waals surface area contributed by atoms with Gasteiger partial charge in [-0.25, -0.2) is 4.68 Å². The molecule has 30 heavy (non-hydrogen) atoms. The van der Waals surface area contributed by atoms with Gasteiger partial charge in [0.2, 0.25) is 11.3 Å². The highest BCUT2D eigenvalue weighted by Crippen LogP contribution is 2.30. The summed E-state index contributed by atoms with van der Waals surface area (Å²) < 4.78 is 40.2. The zero-order valence-corrected chi connectivity index (χ0v) is 17.1. The fourth-order valence-corrected chi connectivity index (χ4v) is 2.79. The minimum atomic E-state index is -4.55. The van der Waals surface area contributed by atoms with E-state index in [1.807, 2.05) is 0 Å². The zero-order valence-electron chi connectivity index (χ0n) is 17.1. The molecule has 0 bridgehead atoms. The number of aromatic nitrogens is 2. The normalized spacial score (nSPS) is 11.5. The standard InChI is InChI=1S/C20H23F3N4O3/c1-5-26(11-17(29)24-12(2)3)19(30)18-16(28)9-13(4)27(25-18)15-8-6-7-14(10-15)20(21,22)23/h6-10,12H,5,11H2,1-4H3,(H,24,29). The number of benzene rings is 1. The summed E-state index contributed by atoms with van der Waals surface area (Å²) in [6.07, 6.45) is -4.55. The van der Waals surface area contributed by atoms with E-state index in [2.05, 4.69) is 10.4 Å². The van der Waals surface area contributed by atoms with Gasteiger partial charge in [-0.3, -0.25) is 14.4 Å². The molecule has 7 nitrogen and oxygen atoms in total. The highest BCUT2D eigenvalue weighted by molar-refractivity contribution is 5.94. The lowest BCUT2D eigenvalue weighted by molar-refractivity contribution is -0.137. The average Bonchev–Trinajstić information content (AvgIpc) is 2.64. The molecule has 0 spiro atoms. The van der Waals surface area contributed by atoms with Gasteiger partial charge in [-0.15, -0.1) is 0 Å². The fourth-order valence-electron chi connectivity index (χ4n) is 2.79. The van der Waals surface area contributed by atoms with E-state index >= 15 is 0 Å². The fraction of sp³-hybridized carbons (Fsp3) is 0.400. The molecule has 0 unspecified atom stereocenters. The van der Waals surface area contributed by atoms with Crippen LogP contribution < -0.4 is 10.7 Å². The molecule has 1 heterocycles. The maximum absolute atomic E-state index is 13.0. The second kappa shape index (κ2) is 9.10. The van der Waals surface area contributed by atoms with Gasteiger partial charge in [0.25, 0.3) is 5.91 Å². The van der Waals surface area contributed by atoms with Crippen molar-refractivity contribution in [3.8, 4) is 5.69 Å². The number of hydrogen-bond donors (Lipinski definition) is 1. The van der Waals surface area contributed by atoms with E-state index in [0.717, 1.165) is 27.8 Å². The van der Waals surface area contributed by atoms with Crippen molar-refractivity contribution >= 4 is 11.8 Å². The van der Waals surface area contributed by atoms with Crippen LogP contribution in [0.2, 0.25) is 0 Å². The quantitative estimate of drug-likeness (QED) is 0.773. The minimum Gasteiger partial charge on any atom is -0.352 e. The first-order valence-corrected chi connectivity index (χ1v) is 9.31. The van der Waals surface area contributed by atoms with Crippen molar-refractivity contribution in [2.24, 2.45) is 0 Å². The number of likely N-dealkylation sites (N-methyl/N-ethyl adjacent to an activating group) is 1. The van der Waals surface area contributed by atoms with E-state index in [1.54, 1.807) is 20.8 Å². The monoisotopic (exact) mass is 424 g/mol. The van der Waals surface area contributed by atoms with Crippen molar-refractivity contribution in [3.63, 3.8) is 0 Å². The van der Waals surface area contributed by atoms with E-state index < -0.39 is 34.7 Å². The van der Waals surface area contributed by atoms with Gasteiger partial charge < -0.3 is 10.2 Å². The molecular weight excluding hydrogens is 401 g/mol. The average molecular weight is 424 g/mol. The Labute approximate surface area is 171 Å². The molecule has 2 rings (SSSR count). The SMILES string of the molecule is CCN(CC(=O)NC(C)C)C(=O)c1nn(-c2cccc(C(F)(F)F)c2)c(C)cc1=O. The molecule has 0 saturated heterocycles. The number of hydrogen-bond acceptors (Lipinski definition) is 4. The summed E-state index contributed by atoms with van der Waals surface area (Å²) >= 11 is 0. The topological polar surface area (TPSA) is 84.3 Å². The Kier molecular flexibility index (Phi) is 7.01. The van der Waals surface area contributed by atoms with Gasteiger partial charge in [-0.2, -0.15) is 18.3 Å². The van der Waals surface area contributed by atoms with Crippen LogP contribution >= 0.6 is 0 Å². The number of amides is 2. The summed E-state index contributed by atoms with van der Waals surface area (Å²) in [4.78, 5) is 38.3. The summed E-state index contributed by atoms with van der Waals surface area (Å²) in [5, 5.41) is 6.67. The van der Waals surface area contributed by atoms with Crippen LogP contribution in [0.1, 0.15) is 42.5 Å². The predicted octanol–water partition coefficient (Wildman–Crippen LogP) is 2.55. The summed E-state index contributed by atoms with van der Waals surface area (Å²) in [6.45, 7) is 6.54. The molecule has 0 aliphatic carbocycles. The van der Waals surface area contributed by atoms with E-state index in [0.29, 0.717) is 0 Å². The Bertz CT molecular complexity index is 1000. The summed E-state index contributed by atoms with van der Waals surface area (Å²) in [5.74, 6) is -1.17. The van der Waals surface area contributed by atoms with Crippen LogP contribution in [0.25, 0.3) is 5.69 Å². The van der Waals surface area contributed by atoms with Gasteiger partial charge in [-0.05, 0) is 45.9 Å². The van der Waals surface area contributed by atoms with E-state index in [4.69, 9.17) is 0 Å². The second-order valence-electron chi connectivity index (χ2n) is 7.00. The molecule has 0 radical (unpaired) electrons. The smallest absolute Gasteiger partial charge is 0.352 e. The van der Waals surface area contributed by atoms with Crippen LogP contribution in [0.4, 0.5) is 13.2 Å². The first-order chi connectivity index (χ1) is 13.9. The molecule has 0 aliphatic rings. The van der Waals surface area contributed by atoms with Gasteiger partial charge in [-0.1, -0.05) is 6.07 Å². The predicted molar refractivity (Wildman–Crippen MR) is 104 cm³/mol. The third-order valence-corrected chi connectivity index (χ3v) is 4.18. The lowest BCUT2D eigenvalue weighted by Gasteiger charge is -2.21. The summed E-state index contributed by atoms with van der Waals surface area (Å²) in [7, 11) is 0. The lowest BCUT2D eigenvalue weighted by Crippen LogP contribution is -2.44. The number of rotatable bonds is 6. The molecule has 2 aromatic rings. The van der Waals surface area contributed by atoms with Gasteiger partial charge in [0, 0.05) is 24.3 Å². The largest absolute Gasteiger partial charge is 0.416 e. The molecule has 1 aromatic heterocycles. The lowest BCUT2D eigenvalue weighted by atomic mass is 10.2. The number of alkyl halides is 3. The third-order valence-electron chi connectivity index (χ3n) is 4.18. The van der Waals surface area contributed by atoms with Crippen LogP contribution in [-0.4, -0.2) is 45.6 Å². The van der Waals surface area contributed by atoms with Crippen molar-refractivity contribution < 1.29 is 22.8 Å². The molecule has 0 saturated carbocycles. The minimum absolute atomic E-state index is 0.0528. The molecule has 0 atom stereocenters. The third kappa shape index (κ3) is 5.46. The van der Waals surface area contributed by atoms with Crippen LogP contribution in [0.5, 0.6) is 0 Å². The molecule has 1 aromatic carbocycles. The van der Waals surface area contributed by atoms with Crippen molar-refractivity contribution in [3.05, 3.63) is 57.5 Å². The molecular formula is C20H23F3N4O3. The van der Waals surface area contributed by atoms with Crippen molar-refractivity contribution in [1.82, 2.24) is 20.0 Å². The summed E-state index contributed by atoms with van der Waals surface area (Å²) in [5.41, 5.74) is -1.72. The highest BCUT2D eigenvalue weighted by atomic mass is 19.4. The number of aryl methyl sites for hydroxylation is 1. The van der Waals surface area contributed by atoms with Crippen LogP contribution in [0.15, 0.2) is 35.1 Å². The maximum Gasteiger partial charge on any atom is 0.416 e. The summed E-state index contributed by atoms with van der Waals surface area (Å²) in [6, 6.07) is 5.41. The molecule has 0 fully saturated rings. The van der Waals surface area contributed by atoms with E-state index in [1.165, 1.54) is 19.1 Å². The Morgan fingerprint density at radius 2 is 1.90 bits per heavy atom. The Hall–Kier alpha value is -3.17. The van der Waals surface area contributed by atoms with Crippen molar-refractivity contribution in [1.29, 1.82) is 0 Å². The first kappa shape index (κ1) is 23.1.